The number of thioether (sulfide) groups is 1. The molecule has 1 saturated heterocycles. The first-order valence-electron chi connectivity index (χ1n) is 6.91. The average molecular weight is 357 g/mol. The van der Waals surface area contributed by atoms with Crippen LogP contribution < -0.4 is 5.73 Å². The number of likely N-dealkylation sites (tertiary alicyclic amines) is 1. The summed E-state index contributed by atoms with van der Waals surface area (Å²) in [4.78, 5) is 15.3. The van der Waals surface area contributed by atoms with E-state index in [1.807, 2.05) is 23.1 Å². The Balaban J connectivity index is 1.91. The Bertz CT molecular complexity index is 485. The maximum Gasteiger partial charge on any atom is 0.232 e. The number of carbonyl (C=O) groups is 1. The number of nitrogens with two attached hydrogens (primary N) is 1. The van der Waals surface area contributed by atoms with Gasteiger partial charge in [0.1, 0.15) is 0 Å². The average Bonchev–Trinajstić information content (AvgIpc) is 2.36. The van der Waals surface area contributed by atoms with Crippen molar-refractivity contribution in [2.24, 2.45) is 11.8 Å². The van der Waals surface area contributed by atoms with E-state index in [2.05, 4.69) is 29.8 Å². The van der Waals surface area contributed by atoms with Crippen LogP contribution in [-0.2, 0) is 4.79 Å². The second kappa shape index (κ2) is 6.85. The van der Waals surface area contributed by atoms with Crippen LogP contribution in [0.15, 0.2) is 27.6 Å². The normalized spacial score (nSPS) is 22.9. The van der Waals surface area contributed by atoms with Crippen molar-refractivity contribution in [3.05, 3.63) is 22.7 Å². The standard InChI is InChI=1S/C15H21BrN2OS/c1-10-5-11(2)8-18(7-10)15(19)9-20-14-4-3-12(16)6-13(14)17/h3-4,6,10-11H,5,7-9,17H2,1-2H3. The van der Waals surface area contributed by atoms with Crippen molar-refractivity contribution in [3.63, 3.8) is 0 Å². The molecule has 1 aromatic rings. The third kappa shape index (κ3) is 4.16. The summed E-state index contributed by atoms with van der Waals surface area (Å²) in [5.41, 5.74) is 6.67. The lowest BCUT2D eigenvalue weighted by Crippen LogP contribution is -2.43. The molecular formula is C15H21BrN2OS. The molecule has 0 aliphatic carbocycles. The van der Waals surface area contributed by atoms with Crippen LogP contribution in [0.1, 0.15) is 20.3 Å². The zero-order valence-electron chi connectivity index (χ0n) is 11.9. The lowest BCUT2D eigenvalue weighted by molar-refractivity contribution is -0.130. The number of nitrogen functional groups attached to an aromatic ring is 1. The number of piperidine rings is 1. The molecule has 5 heteroatoms. The van der Waals surface area contributed by atoms with Gasteiger partial charge >= 0.3 is 0 Å². The van der Waals surface area contributed by atoms with Gasteiger partial charge in [0, 0.05) is 28.1 Å². The van der Waals surface area contributed by atoms with Crippen LogP contribution in [-0.4, -0.2) is 29.6 Å². The summed E-state index contributed by atoms with van der Waals surface area (Å²) in [6.45, 7) is 6.21. The van der Waals surface area contributed by atoms with E-state index in [0.29, 0.717) is 17.6 Å². The third-order valence-electron chi connectivity index (χ3n) is 3.54. The number of rotatable bonds is 3. The van der Waals surface area contributed by atoms with Crippen molar-refractivity contribution in [2.75, 3.05) is 24.6 Å². The van der Waals surface area contributed by atoms with Gasteiger partial charge in [-0.15, -0.1) is 11.8 Å². The number of benzene rings is 1. The lowest BCUT2D eigenvalue weighted by atomic mass is 9.92. The molecule has 1 aliphatic heterocycles. The van der Waals surface area contributed by atoms with Crippen LogP contribution in [0, 0.1) is 11.8 Å². The molecule has 110 valence electrons. The first-order chi connectivity index (χ1) is 9.45. The highest BCUT2D eigenvalue weighted by Crippen LogP contribution is 2.29. The summed E-state index contributed by atoms with van der Waals surface area (Å²) in [6.07, 6.45) is 1.22. The Hall–Kier alpha value is -0.680. The molecule has 0 saturated carbocycles. The monoisotopic (exact) mass is 356 g/mol. The highest BCUT2D eigenvalue weighted by atomic mass is 79.9. The van der Waals surface area contributed by atoms with E-state index in [0.717, 1.165) is 28.1 Å². The van der Waals surface area contributed by atoms with Crippen LogP contribution in [0.2, 0.25) is 0 Å². The van der Waals surface area contributed by atoms with Gasteiger partial charge in [-0.05, 0) is 36.5 Å². The van der Waals surface area contributed by atoms with Gasteiger partial charge < -0.3 is 10.6 Å². The molecule has 3 nitrogen and oxygen atoms in total. The number of halogens is 1. The van der Waals surface area contributed by atoms with Gasteiger partial charge in [0.05, 0.1) is 5.75 Å². The summed E-state index contributed by atoms with van der Waals surface area (Å²) in [5, 5.41) is 0. The molecule has 1 fully saturated rings. The van der Waals surface area contributed by atoms with Gasteiger partial charge in [-0.25, -0.2) is 0 Å². The molecule has 0 radical (unpaired) electrons. The number of carbonyl (C=O) groups excluding carboxylic acids is 1. The first kappa shape index (κ1) is 15.7. The van der Waals surface area contributed by atoms with Gasteiger partial charge in [-0.1, -0.05) is 29.8 Å². The highest BCUT2D eigenvalue weighted by molar-refractivity contribution is 9.10. The van der Waals surface area contributed by atoms with Crippen molar-refractivity contribution in [1.29, 1.82) is 0 Å². The van der Waals surface area contributed by atoms with E-state index in [1.54, 1.807) is 0 Å². The van der Waals surface area contributed by atoms with Crippen LogP contribution in [0.3, 0.4) is 0 Å². The Morgan fingerprint density at radius 3 is 2.65 bits per heavy atom. The van der Waals surface area contributed by atoms with Crippen LogP contribution in [0.25, 0.3) is 0 Å². The second-order valence-electron chi connectivity index (χ2n) is 5.72. The molecule has 1 heterocycles. The molecule has 1 amide bonds. The lowest BCUT2D eigenvalue weighted by Gasteiger charge is -2.35. The molecule has 0 spiro atoms. The Kier molecular flexibility index (Phi) is 5.38. The van der Waals surface area contributed by atoms with Crippen molar-refractivity contribution < 1.29 is 4.79 Å². The van der Waals surface area contributed by atoms with E-state index >= 15 is 0 Å². The topological polar surface area (TPSA) is 46.3 Å². The van der Waals surface area contributed by atoms with Gasteiger partial charge in [-0.2, -0.15) is 0 Å². The smallest absolute Gasteiger partial charge is 0.232 e. The van der Waals surface area contributed by atoms with E-state index in [1.165, 1.54) is 18.2 Å². The minimum Gasteiger partial charge on any atom is -0.398 e. The Labute approximate surface area is 133 Å². The van der Waals surface area contributed by atoms with Crippen LogP contribution in [0.4, 0.5) is 5.69 Å². The molecule has 2 N–H and O–H groups in total. The van der Waals surface area contributed by atoms with Gasteiger partial charge in [0.2, 0.25) is 5.91 Å². The molecule has 1 aromatic carbocycles. The van der Waals surface area contributed by atoms with E-state index in [-0.39, 0.29) is 5.91 Å². The summed E-state index contributed by atoms with van der Waals surface area (Å²) in [7, 11) is 0. The molecule has 0 aromatic heterocycles. The molecule has 2 atom stereocenters. The second-order valence-corrected chi connectivity index (χ2v) is 7.65. The minimum atomic E-state index is 0.218. The minimum absolute atomic E-state index is 0.218. The molecule has 0 bridgehead atoms. The fourth-order valence-electron chi connectivity index (χ4n) is 2.75. The predicted molar refractivity (Wildman–Crippen MR) is 88.8 cm³/mol. The molecule has 2 unspecified atom stereocenters. The first-order valence-corrected chi connectivity index (χ1v) is 8.69. The number of amides is 1. The summed E-state index contributed by atoms with van der Waals surface area (Å²) in [6, 6.07) is 5.78. The SMILES string of the molecule is CC1CC(C)CN(C(=O)CSc2ccc(Br)cc2N)C1. The number of hydrogen-bond acceptors (Lipinski definition) is 3. The molecule has 2 rings (SSSR count). The molecular weight excluding hydrogens is 336 g/mol. The van der Waals surface area contributed by atoms with Gasteiger partial charge in [-0.3, -0.25) is 4.79 Å². The maximum atomic E-state index is 12.3. The van der Waals surface area contributed by atoms with Crippen LogP contribution >= 0.6 is 27.7 Å². The van der Waals surface area contributed by atoms with Crippen molar-refractivity contribution in [1.82, 2.24) is 4.90 Å². The third-order valence-corrected chi connectivity index (χ3v) is 5.11. The zero-order valence-corrected chi connectivity index (χ0v) is 14.3. The van der Waals surface area contributed by atoms with Crippen molar-refractivity contribution >= 4 is 39.3 Å². The number of anilines is 1. The Morgan fingerprint density at radius 2 is 2.05 bits per heavy atom. The molecule has 1 aliphatic rings. The van der Waals surface area contributed by atoms with Gasteiger partial charge in [0.25, 0.3) is 0 Å². The van der Waals surface area contributed by atoms with Crippen molar-refractivity contribution in [2.45, 2.75) is 25.2 Å². The van der Waals surface area contributed by atoms with E-state index in [9.17, 15) is 4.79 Å². The quantitative estimate of drug-likeness (QED) is 0.664. The number of hydrogen-bond donors (Lipinski definition) is 1. The summed E-state index contributed by atoms with van der Waals surface area (Å²) >= 11 is 4.91. The fourth-order valence-corrected chi connectivity index (χ4v) is 3.98. The zero-order chi connectivity index (χ0) is 14.7. The van der Waals surface area contributed by atoms with E-state index in [4.69, 9.17) is 5.73 Å². The van der Waals surface area contributed by atoms with Gasteiger partial charge in [0.15, 0.2) is 0 Å². The predicted octanol–water partition coefficient (Wildman–Crippen LogP) is 3.63. The van der Waals surface area contributed by atoms with Crippen LogP contribution in [0.5, 0.6) is 0 Å². The Morgan fingerprint density at radius 1 is 1.40 bits per heavy atom. The molecule has 20 heavy (non-hydrogen) atoms. The summed E-state index contributed by atoms with van der Waals surface area (Å²) < 4.78 is 0.962. The fraction of sp³-hybridized carbons (Fsp3) is 0.533. The van der Waals surface area contributed by atoms with E-state index < -0.39 is 0 Å². The highest BCUT2D eigenvalue weighted by Gasteiger charge is 2.25. The summed E-state index contributed by atoms with van der Waals surface area (Å²) in [5.74, 6) is 1.89. The largest absolute Gasteiger partial charge is 0.398 e. The maximum absolute atomic E-state index is 12.3. The number of nitrogens with zero attached hydrogens (tertiary/aromatic N) is 1. The van der Waals surface area contributed by atoms with Crippen molar-refractivity contribution in [3.8, 4) is 0 Å².